The van der Waals surface area contributed by atoms with Crippen molar-refractivity contribution >= 4 is 5.97 Å². The molecule has 0 aliphatic heterocycles. The predicted molar refractivity (Wildman–Crippen MR) is 139 cm³/mol. The van der Waals surface area contributed by atoms with E-state index in [1.807, 2.05) is 0 Å². The summed E-state index contributed by atoms with van der Waals surface area (Å²) in [5.74, 6) is 0.0391. The largest absolute Gasteiger partial charge is 0.465 e. The summed E-state index contributed by atoms with van der Waals surface area (Å²) in [6, 6.07) is 0. The second-order valence-corrected chi connectivity index (χ2v) is 9.98. The van der Waals surface area contributed by atoms with Gasteiger partial charge in [0, 0.05) is 6.42 Å². The monoisotopic (exact) mass is 454 g/mol. The van der Waals surface area contributed by atoms with Gasteiger partial charge in [-0.05, 0) is 19.3 Å². The van der Waals surface area contributed by atoms with E-state index in [9.17, 15) is 9.90 Å². The van der Waals surface area contributed by atoms with Crippen molar-refractivity contribution in [2.45, 2.75) is 168 Å². The SMILES string of the molecule is CCCCCCCCCCC(O)CCOC(=O)C(CCCCCC)CCCCCCCC. The Morgan fingerprint density at radius 1 is 0.562 bits per heavy atom. The molecule has 0 aromatic rings. The van der Waals surface area contributed by atoms with Gasteiger partial charge in [0.05, 0.1) is 18.6 Å². The quantitative estimate of drug-likeness (QED) is 0.110. The van der Waals surface area contributed by atoms with Crippen molar-refractivity contribution in [2.24, 2.45) is 5.92 Å². The van der Waals surface area contributed by atoms with Crippen molar-refractivity contribution in [1.29, 1.82) is 0 Å². The first kappa shape index (κ1) is 31.4. The van der Waals surface area contributed by atoms with Crippen LogP contribution >= 0.6 is 0 Å². The van der Waals surface area contributed by atoms with Gasteiger partial charge in [0.25, 0.3) is 0 Å². The number of ether oxygens (including phenoxy) is 1. The molecular formula is C29H58O3. The minimum absolute atomic E-state index is 0.0191. The Balaban J connectivity index is 3.97. The van der Waals surface area contributed by atoms with E-state index in [-0.39, 0.29) is 18.0 Å². The Morgan fingerprint density at radius 3 is 1.41 bits per heavy atom. The van der Waals surface area contributed by atoms with E-state index < -0.39 is 0 Å². The maximum atomic E-state index is 12.7. The molecule has 0 spiro atoms. The molecule has 0 bridgehead atoms. The molecule has 0 aromatic carbocycles. The fourth-order valence-electron chi connectivity index (χ4n) is 4.44. The van der Waals surface area contributed by atoms with Crippen LogP contribution in [0, 0.1) is 5.92 Å². The van der Waals surface area contributed by atoms with Gasteiger partial charge >= 0.3 is 5.97 Å². The first-order valence-electron chi connectivity index (χ1n) is 14.5. The normalized spacial score (nSPS) is 13.2. The molecule has 0 fully saturated rings. The minimum atomic E-state index is -0.329. The average Bonchev–Trinajstić information content (AvgIpc) is 2.79. The number of rotatable bonds is 25. The minimum Gasteiger partial charge on any atom is -0.465 e. The zero-order valence-electron chi connectivity index (χ0n) is 22.2. The highest BCUT2D eigenvalue weighted by atomic mass is 16.5. The molecule has 32 heavy (non-hydrogen) atoms. The molecule has 3 heteroatoms. The second kappa shape index (κ2) is 25.1. The third-order valence-electron chi connectivity index (χ3n) is 6.73. The molecular weight excluding hydrogens is 396 g/mol. The number of aliphatic hydroxyl groups is 1. The Kier molecular flexibility index (Phi) is 24.6. The number of aliphatic hydroxyl groups excluding tert-OH is 1. The lowest BCUT2D eigenvalue weighted by Gasteiger charge is -2.17. The average molecular weight is 455 g/mol. The maximum absolute atomic E-state index is 12.7. The Labute approximate surface area is 201 Å². The molecule has 0 radical (unpaired) electrons. The highest BCUT2D eigenvalue weighted by Gasteiger charge is 2.19. The zero-order chi connectivity index (χ0) is 23.7. The number of hydrogen-bond donors (Lipinski definition) is 1. The highest BCUT2D eigenvalue weighted by Crippen LogP contribution is 2.21. The fraction of sp³-hybridized carbons (Fsp3) is 0.966. The van der Waals surface area contributed by atoms with Crippen LogP contribution in [-0.2, 0) is 9.53 Å². The molecule has 2 unspecified atom stereocenters. The van der Waals surface area contributed by atoms with E-state index >= 15 is 0 Å². The van der Waals surface area contributed by atoms with E-state index in [1.165, 1.54) is 96.3 Å². The second-order valence-electron chi connectivity index (χ2n) is 9.98. The third-order valence-corrected chi connectivity index (χ3v) is 6.73. The van der Waals surface area contributed by atoms with Crippen LogP contribution in [0.2, 0.25) is 0 Å². The Morgan fingerprint density at radius 2 is 0.938 bits per heavy atom. The lowest BCUT2D eigenvalue weighted by molar-refractivity contribution is -0.149. The van der Waals surface area contributed by atoms with Gasteiger partial charge in [0.2, 0.25) is 0 Å². The van der Waals surface area contributed by atoms with E-state index in [1.54, 1.807) is 0 Å². The summed E-state index contributed by atoms with van der Waals surface area (Å²) >= 11 is 0. The molecule has 0 heterocycles. The molecule has 0 amide bonds. The van der Waals surface area contributed by atoms with Crippen LogP contribution in [0.1, 0.15) is 162 Å². The molecule has 1 N–H and O–H groups in total. The summed E-state index contributed by atoms with van der Waals surface area (Å²) in [6.45, 7) is 7.09. The van der Waals surface area contributed by atoms with Gasteiger partial charge in [-0.3, -0.25) is 4.79 Å². The molecule has 0 rings (SSSR count). The zero-order valence-corrected chi connectivity index (χ0v) is 22.2. The summed E-state index contributed by atoms with van der Waals surface area (Å²) in [5.41, 5.74) is 0. The molecule has 0 saturated carbocycles. The van der Waals surface area contributed by atoms with Crippen LogP contribution < -0.4 is 0 Å². The van der Waals surface area contributed by atoms with E-state index in [4.69, 9.17) is 4.74 Å². The number of carbonyl (C=O) groups excluding carboxylic acids is 1. The van der Waals surface area contributed by atoms with Crippen molar-refractivity contribution in [3.63, 3.8) is 0 Å². The van der Waals surface area contributed by atoms with Gasteiger partial charge in [-0.1, -0.05) is 136 Å². The van der Waals surface area contributed by atoms with Crippen molar-refractivity contribution in [1.82, 2.24) is 0 Å². The standard InChI is InChI=1S/C29H58O3/c1-4-7-10-13-15-16-18-21-24-28(30)25-26-32-29(31)27(22-19-12-9-6-3)23-20-17-14-11-8-5-2/h27-28,30H,4-26H2,1-3H3. The first-order valence-corrected chi connectivity index (χ1v) is 14.5. The van der Waals surface area contributed by atoms with Crippen LogP contribution in [0.4, 0.5) is 0 Å². The molecule has 2 atom stereocenters. The van der Waals surface area contributed by atoms with Gasteiger partial charge < -0.3 is 9.84 Å². The Bertz CT molecular complexity index is 383. The van der Waals surface area contributed by atoms with Crippen LogP contribution in [0.5, 0.6) is 0 Å². The van der Waals surface area contributed by atoms with Crippen LogP contribution in [-0.4, -0.2) is 23.8 Å². The lowest BCUT2D eigenvalue weighted by Crippen LogP contribution is -2.20. The van der Waals surface area contributed by atoms with Crippen molar-refractivity contribution in [3.05, 3.63) is 0 Å². The highest BCUT2D eigenvalue weighted by molar-refractivity contribution is 5.72. The number of esters is 1. The van der Waals surface area contributed by atoms with Crippen LogP contribution in [0.15, 0.2) is 0 Å². The van der Waals surface area contributed by atoms with Gasteiger partial charge in [-0.15, -0.1) is 0 Å². The summed E-state index contributed by atoms with van der Waals surface area (Å²) in [6.07, 6.45) is 25.7. The van der Waals surface area contributed by atoms with Gasteiger partial charge in [-0.25, -0.2) is 0 Å². The molecule has 0 aliphatic carbocycles. The number of carbonyl (C=O) groups is 1. The van der Waals surface area contributed by atoms with Crippen LogP contribution in [0.25, 0.3) is 0 Å². The van der Waals surface area contributed by atoms with Gasteiger partial charge in [0.1, 0.15) is 0 Å². The predicted octanol–water partition coefficient (Wildman–Crippen LogP) is 9.15. The van der Waals surface area contributed by atoms with Crippen LogP contribution in [0.3, 0.4) is 0 Å². The topological polar surface area (TPSA) is 46.5 Å². The maximum Gasteiger partial charge on any atom is 0.308 e. The van der Waals surface area contributed by atoms with Gasteiger partial charge in [-0.2, -0.15) is 0 Å². The number of hydrogen-bond acceptors (Lipinski definition) is 3. The molecule has 0 aromatic heterocycles. The van der Waals surface area contributed by atoms with Crippen molar-refractivity contribution < 1.29 is 14.6 Å². The lowest BCUT2D eigenvalue weighted by atomic mass is 9.94. The van der Waals surface area contributed by atoms with Gasteiger partial charge in [0.15, 0.2) is 0 Å². The summed E-state index contributed by atoms with van der Waals surface area (Å²) in [4.78, 5) is 12.7. The summed E-state index contributed by atoms with van der Waals surface area (Å²) in [7, 11) is 0. The first-order chi connectivity index (χ1) is 15.7. The van der Waals surface area contributed by atoms with Crippen molar-refractivity contribution in [3.8, 4) is 0 Å². The van der Waals surface area contributed by atoms with E-state index in [2.05, 4.69) is 20.8 Å². The summed E-state index contributed by atoms with van der Waals surface area (Å²) in [5, 5.41) is 10.2. The smallest absolute Gasteiger partial charge is 0.308 e. The summed E-state index contributed by atoms with van der Waals surface area (Å²) < 4.78 is 5.61. The third kappa shape index (κ3) is 21.3. The van der Waals surface area contributed by atoms with E-state index in [0.29, 0.717) is 13.0 Å². The molecule has 0 aliphatic rings. The molecule has 0 saturated heterocycles. The van der Waals surface area contributed by atoms with E-state index in [0.717, 1.165) is 38.5 Å². The molecule has 192 valence electrons. The number of unbranched alkanes of at least 4 members (excludes halogenated alkanes) is 15. The Hall–Kier alpha value is -0.570. The molecule has 3 nitrogen and oxygen atoms in total. The fourth-order valence-corrected chi connectivity index (χ4v) is 4.44. The van der Waals surface area contributed by atoms with Crippen molar-refractivity contribution in [2.75, 3.05) is 6.61 Å².